The van der Waals surface area contributed by atoms with Crippen LogP contribution in [0.25, 0.3) is 10.8 Å². The van der Waals surface area contributed by atoms with Gasteiger partial charge in [0.2, 0.25) is 0 Å². The minimum absolute atomic E-state index is 0.00754. The number of pyridine rings is 1. The van der Waals surface area contributed by atoms with Crippen molar-refractivity contribution < 1.29 is 18.3 Å². The van der Waals surface area contributed by atoms with Crippen LogP contribution in [0.4, 0.5) is 5.69 Å². The Bertz CT molecular complexity index is 1150. The van der Waals surface area contributed by atoms with Crippen LogP contribution in [0.1, 0.15) is 15.9 Å². The second-order valence-corrected chi connectivity index (χ2v) is 7.12. The molecule has 0 bridgehead atoms. The van der Waals surface area contributed by atoms with E-state index in [0.717, 1.165) is 0 Å². The molecule has 0 unspecified atom stereocenters. The molecule has 0 aliphatic carbocycles. The molecular weight excluding hydrogens is 344 g/mol. The van der Waals surface area contributed by atoms with Gasteiger partial charge in [-0.25, -0.2) is 13.2 Å². The van der Waals surface area contributed by atoms with Crippen LogP contribution in [0.15, 0.2) is 58.4 Å². The van der Waals surface area contributed by atoms with Crippen molar-refractivity contribution in [2.45, 2.75) is 11.8 Å². The average molecular weight is 358 g/mol. The third-order valence-corrected chi connectivity index (χ3v) is 5.30. The Morgan fingerprint density at radius 3 is 2.56 bits per heavy atom. The predicted molar refractivity (Wildman–Crippen MR) is 93.5 cm³/mol. The van der Waals surface area contributed by atoms with E-state index in [1.165, 1.54) is 31.3 Å². The highest BCUT2D eigenvalue weighted by atomic mass is 32.2. The molecule has 0 aliphatic heterocycles. The predicted octanol–water partition coefficient (Wildman–Crippen LogP) is 2.34. The Hall–Kier alpha value is -3.13. The van der Waals surface area contributed by atoms with Crippen LogP contribution in [-0.4, -0.2) is 24.5 Å². The molecule has 3 rings (SSSR count). The summed E-state index contributed by atoms with van der Waals surface area (Å²) < 4.78 is 27.8. The van der Waals surface area contributed by atoms with Crippen LogP contribution in [0.2, 0.25) is 0 Å². The number of hydrogen-bond donors (Lipinski definition) is 3. The maximum absolute atomic E-state index is 12.7. The number of rotatable bonds is 4. The van der Waals surface area contributed by atoms with Gasteiger partial charge in [-0.1, -0.05) is 6.07 Å². The molecule has 0 amide bonds. The summed E-state index contributed by atoms with van der Waals surface area (Å²) in [5.41, 5.74) is 0.268. The number of sulfonamides is 1. The maximum atomic E-state index is 12.7. The van der Waals surface area contributed by atoms with Crippen LogP contribution in [0.3, 0.4) is 0 Å². The van der Waals surface area contributed by atoms with E-state index in [1.54, 1.807) is 24.3 Å². The number of aromatic amines is 1. The van der Waals surface area contributed by atoms with E-state index in [-0.39, 0.29) is 21.7 Å². The van der Waals surface area contributed by atoms with Gasteiger partial charge in [0, 0.05) is 17.0 Å². The lowest BCUT2D eigenvalue weighted by Crippen LogP contribution is -2.15. The zero-order valence-electron chi connectivity index (χ0n) is 13.1. The molecule has 0 spiro atoms. The van der Waals surface area contributed by atoms with E-state index in [0.29, 0.717) is 16.3 Å². The number of carbonyl (C=O) groups is 1. The van der Waals surface area contributed by atoms with Gasteiger partial charge >= 0.3 is 5.97 Å². The van der Waals surface area contributed by atoms with Gasteiger partial charge in [-0.15, -0.1) is 0 Å². The third-order valence-electron chi connectivity index (χ3n) is 3.77. The van der Waals surface area contributed by atoms with Crippen molar-refractivity contribution in [2.75, 3.05) is 4.72 Å². The highest BCUT2D eigenvalue weighted by Gasteiger charge is 2.19. The molecule has 0 fully saturated rings. The molecule has 3 aromatic rings. The number of fused-ring (bicyclic) bond motifs is 1. The smallest absolute Gasteiger partial charge is 0.335 e. The van der Waals surface area contributed by atoms with Gasteiger partial charge in [0.05, 0.1) is 16.1 Å². The van der Waals surface area contributed by atoms with E-state index in [4.69, 9.17) is 5.11 Å². The fraction of sp³-hybridized carbons (Fsp3) is 0.0588. The molecule has 1 aromatic heterocycles. The van der Waals surface area contributed by atoms with E-state index in [9.17, 15) is 18.0 Å². The number of aromatic nitrogens is 1. The van der Waals surface area contributed by atoms with Crippen molar-refractivity contribution in [3.8, 4) is 0 Å². The van der Waals surface area contributed by atoms with E-state index in [2.05, 4.69) is 9.71 Å². The summed E-state index contributed by atoms with van der Waals surface area (Å²) in [6, 6.07) is 10.1. The quantitative estimate of drug-likeness (QED) is 0.662. The maximum Gasteiger partial charge on any atom is 0.335 e. The Labute approximate surface area is 143 Å². The second-order valence-electron chi connectivity index (χ2n) is 5.46. The highest BCUT2D eigenvalue weighted by molar-refractivity contribution is 7.92. The molecule has 3 N–H and O–H groups in total. The minimum Gasteiger partial charge on any atom is -0.478 e. The van der Waals surface area contributed by atoms with Crippen molar-refractivity contribution in [3.63, 3.8) is 0 Å². The molecule has 2 aromatic carbocycles. The lowest BCUT2D eigenvalue weighted by molar-refractivity contribution is 0.0696. The van der Waals surface area contributed by atoms with Gasteiger partial charge in [-0.05, 0) is 48.9 Å². The van der Waals surface area contributed by atoms with Gasteiger partial charge in [0.15, 0.2) is 0 Å². The van der Waals surface area contributed by atoms with Crippen molar-refractivity contribution >= 4 is 32.5 Å². The van der Waals surface area contributed by atoms with Gasteiger partial charge in [0.25, 0.3) is 15.6 Å². The van der Waals surface area contributed by atoms with Crippen molar-refractivity contribution in [2.24, 2.45) is 0 Å². The summed E-state index contributed by atoms with van der Waals surface area (Å²) in [4.78, 5) is 25.3. The number of carboxylic acids is 1. The Morgan fingerprint density at radius 2 is 1.88 bits per heavy atom. The Kier molecular flexibility index (Phi) is 4.05. The molecule has 0 radical (unpaired) electrons. The minimum atomic E-state index is -3.95. The molecule has 7 nitrogen and oxygen atoms in total. The molecule has 128 valence electrons. The van der Waals surface area contributed by atoms with Crippen molar-refractivity contribution in [1.29, 1.82) is 0 Å². The van der Waals surface area contributed by atoms with Crippen molar-refractivity contribution in [3.05, 3.63) is 70.1 Å². The first kappa shape index (κ1) is 16.7. The fourth-order valence-corrected chi connectivity index (χ4v) is 3.90. The number of aromatic carboxylic acids is 1. The van der Waals surface area contributed by atoms with Gasteiger partial charge in [-0.3, -0.25) is 9.52 Å². The molecule has 25 heavy (non-hydrogen) atoms. The number of benzene rings is 2. The first-order valence-electron chi connectivity index (χ1n) is 7.27. The van der Waals surface area contributed by atoms with Crippen LogP contribution in [0.5, 0.6) is 0 Å². The zero-order valence-corrected chi connectivity index (χ0v) is 13.9. The largest absolute Gasteiger partial charge is 0.478 e. The van der Waals surface area contributed by atoms with Gasteiger partial charge in [0.1, 0.15) is 0 Å². The first-order chi connectivity index (χ1) is 11.8. The lowest BCUT2D eigenvalue weighted by atomic mass is 10.1. The van der Waals surface area contributed by atoms with Crippen LogP contribution < -0.4 is 10.3 Å². The fourth-order valence-electron chi connectivity index (χ4n) is 2.59. The monoisotopic (exact) mass is 358 g/mol. The summed E-state index contributed by atoms with van der Waals surface area (Å²) in [5.74, 6) is -1.13. The number of anilines is 1. The van der Waals surface area contributed by atoms with Crippen LogP contribution in [0, 0.1) is 6.92 Å². The number of H-pyrrole nitrogens is 1. The molecule has 0 atom stereocenters. The molecule has 8 heteroatoms. The van der Waals surface area contributed by atoms with Crippen molar-refractivity contribution in [1.82, 2.24) is 4.98 Å². The van der Waals surface area contributed by atoms with Gasteiger partial charge < -0.3 is 10.1 Å². The van der Waals surface area contributed by atoms with Crippen LogP contribution >= 0.6 is 0 Å². The molecule has 1 heterocycles. The first-order valence-corrected chi connectivity index (χ1v) is 8.75. The molecular formula is C17H14N2O5S. The number of aryl methyl sites for hydroxylation is 1. The Balaban J connectivity index is 2.08. The molecule has 0 saturated carbocycles. The molecule has 0 saturated heterocycles. The number of nitrogens with one attached hydrogen (secondary N) is 2. The van der Waals surface area contributed by atoms with E-state index in [1.807, 2.05) is 0 Å². The summed E-state index contributed by atoms with van der Waals surface area (Å²) in [6.45, 7) is 1.52. The van der Waals surface area contributed by atoms with Crippen LogP contribution in [-0.2, 0) is 10.0 Å². The normalized spacial score (nSPS) is 11.4. The standard InChI is InChI=1S/C17H14N2O5S/c1-10-9-11(17(21)22)5-6-15(10)25(23,24)19-14-4-2-3-13-12(14)7-8-18-16(13)20/h2-9,19H,1H3,(H,18,20)(H,21,22). The summed E-state index contributed by atoms with van der Waals surface area (Å²) in [7, 11) is -3.95. The number of hydrogen-bond acceptors (Lipinski definition) is 4. The summed E-state index contributed by atoms with van der Waals surface area (Å²) >= 11 is 0. The Morgan fingerprint density at radius 1 is 1.12 bits per heavy atom. The highest BCUT2D eigenvalue weighted by Crippen LogP contribution is 2.25. The van der Waals surface area contributed by atoms with E-state index >= 15 is 0 Å². The molecule has 0 aliphatic rings. The third kappa shape index (κ3) is 3.11. The average Bonchev–Trinajstić information content (AvgIpc) is 2.55. The van der Waals surface area contributed by atoms with E-state index < -0.39 is 16.0 Å². The topological polar surface area (TPSA) is 116 Å². The summed E-state index contributed by atoms with van der Waals surface area (Å²) in [6.07, 6.45) is 1.44. The number of carboxylic acid groups (broad SMARTS) is 1. The zero-order chi connectivity index (χ0) is 18.2. The second kappa shape index (κ2) is 6.06. The summed E-state index contributed by atoms with van der Waals surface area (Å²) in [5, 5.41) is 9.81. The SMILES string of the molecule is Cc1cc(C(=O)O)ccc1S(=O)(=O)Nc1cccc2c(=O)[nH]ccc12. The lowest BCUT2D eigenvalue weighted by Gasteiger charge is -2.12. The van der Waals surface area contributed by atoms with Gasteiger partial charge in [-0.2, -0.15) is 0 Å².